The first-order valence-corrected chi connectivity index (χ1v) is 3.96. The Morgan fingerprint density at radius 3 is 2.29 bits per heavy atom. The number of nitrogens with two attached hydrogens (primary N) is 1. The van der Waals surface area contributed by atoms with Gasteiger partial charge in [0.15, 0.2) is 17.4 Å². The van der Waals surface area contributed by atoms with E-state index in [0.29, 0.717) is 0 Å². The molecular formula is C9H10F3NO. The zero-order valence-electron chi connectivity index (χ0n) is 7.77. The summed E-state index contributed by atoms with van der Waals surface area (Å²) in [5.41, 5.74) is 5.26. The molecule has 0 bridgehead atoms. The molecular weight excluding hydrogens is 195 g/mol. The molecule has 2 N–H and O–H groups in total. The highest BCUT2D eigenvalue weighted by molar-refractivity contribution is 5.35. The van der Waals surface area contributed by atoms with Crippen LogP contribution in [0.5, 0.6) is 5.75 Å². The van der Waals surface area contributed by atoms with Crippen molar-refractivity contribution in [3.05, 3.63) is 29.1 Å². The molecule has 0 aliphatic rings. The first-order chi connectivity index (χ1) is 6.49. The Hall–Kier alpha value is -1.23. The van der Waals surface area contributed by atoms with E-state index in [0.717, 1.165) is 13.2 Å². The highest BCUT2D eigenvalue weighted by atomic mass is 19.2. The monoisotopic (exact) mass is 205 g/mol. The first kappa shape index (κ1) is 10.8. The van der Waals surface area contributed by atoms with Crippen LogP contribution in [0.3, 0.4) is 0 Å². The van der Waals surface area contributed by atoms with Crippen molar-refractivity contribution in [3.63, 3.8) is 0 Å². The lowest BCUT2D eigenvalue weighted by Gasteiger charge is -2.11. The smallest absolute Gasteiger partial charge is 0.203 e. The second-order valence-electron chi connectivity index (χ2n) is 2.90. The molecule has 0 saturated carbocycles. The Morgan fingerprint density at radius 1 is 1.29 bits per heavy atom. The molecule has 0 aliphatic heterocycles. The van der Waals surface area contributed by atoms with Crippen molar-refractivity contribution in [2.75, 3.05) is 7.11 Å². The molecule has 1 atom stereocenters. The van der Waals surface area contributed by atoms with Crippen molar-refractivity contribution in [2.24, 2.45) is 5.73 Å². The highest BCUT2D eigenvalue weighted by Gasteiger charge is 2.20. The minimum atomic E-state index is -1.34. The minimum Gasteiger partial charge on any atom is -0.491 e. The number of methoxy groups -OCH3 is 1. The fraction of sp³-hybridized carbons (Fsp3) is 0.333. The summed E-state index contributed by atoms with van der Waals surface area (Å²) >= 11 is 0. The topological polar surface area (TPSA) is 35.2 Å². The van der Waals surface area contributed by atoms with Gasteiger partial charge in [-0.3, -0.25) is 0 Å². The van der Waals surface area contributed by atoms with Gasteiger partial charge in [-0.2, -0.15) is 4.39 Å². The van der Waals surface area contributed by atoms with Crippen molar-refractivity contribution in [1.29, 1.82) is 0 Å². The van der Waals surface area contributed by atoms with Crippen LogP contribution in [0.15, 0.2) is 6.07 Å². The minimum absolute atomic E-state index is 0.110. The Balaban J connectivity index is 3.42. The molecule has 14 heavy (non-hydrogen) atoms. The molecule has 1 aromatic carbocycles. The van der Waals surface area contributed by atoms with Gasteiger partial charge in [-0.15, -0.1) is 0 Å². The van der Waals surface area contributed by atoms with E-state index in [1.807, 2.05) is 0 Å². The second-order valence-corrected chi connectivity index (χ2v) is 2.90. The van der Waals surface area contributed by atoms with Gasteiger partial charge in [0.05, 0.1) is 7.11 Å². The summed E-state index contributed by atoms with van der Waals surface area (Å²) in [4.78, 5) is 0. The van der Waals surface area contributed by atoms with E-state index in [4.69, 9.17) is 5.73 Å². The van der Waals surface area contributed by atoms with Crippen LogP contribution < -0.4 is 10.5 Å². The average Bonchev–Trinajstić information content (AvgIpc) is 2.12. The van der Waals surface area contributed by atoms with Crippen molar-refractivity contribution in [2.45, 2.75) is 13.0 Å². The largest absolute Gasteiger partial charge is 0.491 e. The van der Waals surface area contributed by atoms with Crippen LogP contribution >= 0.6 is 0 Å². The molecule has 2 nitrogen and oxygen atoms in total. The molecule has 0 heterocycles. The zero-order chi connectivity index (χ0) is 10.9. The number of rotatable bonds is 2. The third-order valence-corrected chi connectivity index (χ3v) is 1.84. The molecule has 0 radical (unpaired) electrons. The van der Waals surface area contributed by atoms with E-state index in [9.17, 15) is 13.2 Å². The fourth-order valence-electron chi connectivity index (χ4n) is 1.11. The predicted molar refractivity (Wildman–Crippen MR) is 45.5 cm³/mol. The van der Waals surface area contributed by atoms with Crippen LogP contribution in [0.4, 0.5) is 13.2 Å². The van der Waals surface area contributed by atoms with Crippen LogP contribution in [0.2, 0.25) is 0 Å². The first-order valence-electron chi connectivity index (χ1n) is 3.96. The molecule has 1 rings (SSSR count). The van der Waals surface area contributed by atoms with E-state index in [1.54, 1.807) is 0 Å². The Morgan fingerprint density at radius 2 is 1.86 bits per heavy atom. The number of halogens is 3. The van der Waals surface area contributed by atoms with Crippen LogP contribution in [0, 0.1) is 17.5 Å². The Labute approximate surface area is 79.5 Å². The Kier molecular flexibility index (Phi) is 3.00. The lowest BCUT2D eigenvalue weighted by atomic mass is 10.1. The molecule has 5 heteroatoms. The van der Waals surface area contributed by atoms with E-state index in [1.165, 1.54) is 6.92 Å². The number of hydrogen-bond donors (Lipinski definition) is 1. The van der Waals surface area contributed by atoms with Crippen molar-refractivity contribution < 1.29 is 17.9 Å². The number of benzene rings is 1. The molecule has 78 valence electrons. The van der Waals surface area contributed by atoms with E-state index >= 15 is 0 Å². The zero-order valence-corrected chi connectivity index (χ0v) is 7.77. The molecule has 1 aromatic rings. The molecule has 0 aromatic heterocycles. The molecule has 0 aliphatic carbocycles. The van der Waals surface area contributed by atoms with Crippen LogP contribution in [-0.4, -0.2) is 7.11 Å². The predicted octanol–water partition coefficient (Wildman–Crippen LogP) is 2.13. The summed E-state index contributed by atoms with van der Waals surface area (Å²) in [5, 5.41) is 0. The highest BCUT2D eigenvalue weighted by Crippen LogP contribution is 2.29. The lowest BCUT2D eigenvalue weighted by molar-refractivity contribution is 0.343. The normalized spacial score (nSPS) is 12.7. The van der Waals surface area contributed by atoms with Gasteiger partial charge < -0.3 is 10.5 Å². The quantitative estimate of drug-likeness (QED) is 0.750. The SMILES string of the molecule is COc1c(F)c(F)cc([C@@H](C)N)c1F. The summed E-state index contributed by atoms with van der Waals surface area (Å²) in [7, 11) is 1.06. The van der Waals surface area contributed by atoms with Gasteiger partial charge in [-0.1, -0.05) is 0 Å². The summed E-state index contributed by atoms with van der Waals surface area (Å²) in [6, 6.07) is 0.0108. The molecule has 0 saturated heterocycles. The van der Waals surface area contributed by atoms with Crippen molar-refractivity contribution in [1.82, 2.24) is 0 Å². The second kappa shape index (κ2) is 3.88. The van der Waals surface area contributed by atoms with E-state index in [2.05, 4.69) is 4.74 Å². The van der Waals surface area contributed by atoms with Gasteiger partial charge in [0.1, 0.15) is 0 Å². The third-order valence-electron chi connectivity index (χ3n) is 1.84. The average molecular weight is 205 g/mol. The van der Waals surface area contributed by atoms with Crippen molar-refractivity contribution >= 4 is 0 Å². The van der Waals surface area contributed by atoms with Crippen LogP contribution in [0.25, 0.3) is 0 Å². The van der Waals surface area contributed by atoms with Gasteiger partial charge >= 0.3 is 0 Å². The van der Waals surface area contributed by atoms with Gasteiger partial charge in [0, 0.05) is 11.6 Å². The summed E-state index contributed by atoms with van der Waals surface area (Å²) in [6.45, 7) is 1.47. The summed E-state index contributed by atoms with van der Waals surface area (Å²) in [6.07, 6.45) is 0. The summed E-state index contributed by atoms with van der Waals surface area (Å²) < 4.78 is 43.6. The van der Waals surface area contributed by atoms with Gasteiger partial charge in [0.2, 0.25) is 5.82 Å². The van der Waals surface area contributed by atoms with Gasteiger partial charge in [-0.05, 0) is 13.0 Å². The maximum atomic E-state index is 13.4. The molecule has 0 spiro atoms. The fourth-order valence-corrected chi connectivity index (χ4v) is 1.11. The third kappa shape index (κ3) is 1.68. The number of ether oxygens (including phenoxy) is 1. The van der Waals surface area contributed by atoms with Crippen LogP contribution in [0.1, 0.15) is 18.5 Å². The molecule has 0 fully saturated rings. The van der Waals surface area contributed by atoms with E-state index in [-0.39, 0.29) is 5.56 Å². The van der Waals surface area contributed by atoms with E-state index < -0.39 is 29.2 Å². The van der Waals surface area contributed by atoms with Crippen LogP contribution in [-0.2, 0) is 0 Å². The number of hydrogen-bond acceptors (Lipinski definition) is 2. The van der Waals surface area contributed by atoms with Crippen molar-refractivity contribution in [3.8, 4) is 5.75 Å². The maximum Gasteiger partial charge on any atom is 0.203 e. The van der Waals surface area contributed by atoms with Gasteiger partial charge in [0.25, 0.3) is 0 Å². The standard InChI is InChI=1S/C9H10F3NO/c1-4(13)5-3-6(10)8(12)9(14-2)7(5)11/h3-4H,13H2,1-2H3/t4-/m1/s1. The summed E-state index contributed by atoms with van der Waals surface area (Å²) in [5.74, 6) is -4.20. The molecule has 0 unspecified atom stereocenters. The molecule has 0 amide bonds. The Bertz CT molecular complexity index is 352. The maximum absolute atomic E-state index is 13.4. The van der Waals surface area contributed by atoms with Gasteiger partial charge in [-0.25, -0.2) is 8.78 Å². The lowest BCUT2D eigenvalue weighted by Crippen LogP contribution is -2.10.